The van der Waals surface area contributed by atoms with E-state index in [9.17, 15) is 10.0 Å². The Kier molecular flexibility index (Phi) is 4.39. The summed E-state index contributed by atoms with van der Waals surface area (Å²) in [6.07, 6.45) is 5.59. The van der Waals surface area contributed by atoms with Crippen LogP contribution in [0.25, 0.3) is 22.3 Å². The van der Waals surface area contributed by atoms with Gasteiger partial charge in [0.05, 0.1) is 5.69 Å². The quantitative estimate of drug-likeness (QED) is 0.419. The van der Waals surface area contributed by atoms with Gasteiger partial charge in [0.15, 0.2) is 0 Å². The lowest BCUT2D eigenvalue weighted by molar-refractivity contribution is -0.132. The monoisotopic (exact) mass is 362 g/mol. The zero-order chi connectivity index (χ0) is 18.8. The van der Waals surface area contributed by atoms with Gasteiger partial charge in [-0.25, -0.2) is 5.48 Å². The van der Waals surface area contributed by atoms with E-state index >= 15 is 0 Å². The molecule has 8 nitrogen and oxygen atoms in total. The maximum absolute atomic E-state index is 12.3. The van der Waals surface area contributed by atoms with E-state index in [2.05, 4.69) is 15.2 Å². The lowest BCUT2D eigenvalue weighted by atomic mass is 10.1. The Morgan fingerprint density at radius 1 is 1.19 bits per heavy atom. The number of hydrogen-bond donors (Lipinski definition) is 2. The van der Waals surface area contributed by atoms with E-state index < -0.39 is 11.9 Å². The first-order chi connectivity index (χ1) is 13.2. The van der Waals surface area contributed by atoms with Crippen LogP contribution in [0, 0.1) is 0 Å². The molecular weight excluding hydrogens is 344 g/mol. The smallest absolute Gasteiger partial charge is 0.268 e. The third kappa shape index (κ3) is 3.18. The van der Waals surface area contributed by atoms with Crippen molar-refractivity contribution in [2.75, 3.05) is 0 Å². The Labute approximate surface area is 155 Å². The SMILES string of the molecule is Cn1nccc1-c1nccc2cn(C(Cc3ccccc3)C(=O)NO)nc12. The molecule has 1 unspecified atom stereocenters. The van der Waals surface area contributed by atoms with Crippen molar-refractivity contribution in [2.24, 2.45) is 7.05 Å². The van der Waals surface area contributed by atoms with E-state index in [4.69, 9.17) is 0 Å². The molecule has 0 saturated carbocycles. The van der Waals surface area contributed by atoms with Crippen LogP contribution < -0.4 is 5.48 Å². The van der Waals surface area contributed by atoms with Crippen molar-refractivity contribution in [3.8, 4) is 11.4 Å². The molecule has 0 fully saturated rings. The largest absolute Gasteiger partial charge is 0.289 e. The molecular formula is C19H18N6O2. The van der Waals surface area contributed by atoms with Crippen molar-refractivity contribution in [1.82, 2.24) is 30.0 Å². The number of nitrogens with zero attached hydrogens (tertiary/aromatic N) is 5. The number of amides is 1. The van der Waals surface area contributed by atoms with E-state index in [0.717, 1.165) is 16.6 Å². The van der Waals surface area contributed by atoms with Crippen molar-refractivity contribution in [1.29, 1.82) is 0 Å². The number of carbonyl (C=O) groups is 1. The van der Waals surface area contributed by atoms with Gasteiger partial charge < -0.3 is 0 Å². The minimum absolute atomic E-state index is 0.399. The van der Waals surface area contributed by atoms with Gasteiger partial charge >= 0.3 is 0 Å². The Morgan fingerprint density at radius 2 is 2.00 bits per heavy atom. The van der Waals surface area contributed by atoms with Gasteiger partial charge in [0.2, 0.25) is 0 Å². The highest BCUT2D eigenvalue weighted by molar-refractivity contribution is 5.90. The molecule has 0 spiro atoms. The van der Waals surface area contributed by atoms with E-state index in [-0.39, 0.29) is 0 Å². The number of nitrogens with one attached hydrogen (secondary N) is 1. The summed E-state index contributed by atoms with van der Waals surface area (Å²) in [4.78, 5) is 16.8. The molecule has 3 heterocycles. The van der Waals surface area contributed by atoms with Crippen LogP contribution in [0.5, 0.6) is 0 Å². The van der Waals surface area contributed by atoms with Crippen LogP contribution in [0.1, 0.15) is 11.6 Å². The van der Waals surface area contributed by atoms with Crippen molar-refractivity contribution in [3.63, 3.8) is 0 Å². The molecule has 1 atom stereocenters. The number of aryl methyl sites for hydroxylation is 1. The average Bonchev–Trinajstić information content (AvgIpc) is 3.32. The second-order valence-electron chi connectivity index (χ2n) is 6.23. The molecule has 3 aromatic heterocycles. The van der Waals surface area contributed by atoms with Crippen molar-refractivity contribution < 1.29 is 10.0 Å². The van der Waals surface area contributed by atoms with Crippen molar-refractivity contribution >= 4 is 16.8 Å². The lowest BCUT2D eigenvalue weighted by Crippen LogP contribution is -2.32. The summed E-state index contributed by atoms with van der Waals surface area (Å²) in [7, 11) is 1.84. The third-order valence-corrected chi connectivity index (χ3v) is 4.51. The van der Waals surface area contributed by atoms with Crippen LogP contribution in [0.4, 0.5) is 0 Å². The van der Waals surface area contributed by atoms with E-state index in [1.165, 1.54) is 0 Å². The van der Waals surface area contributed by atoms with E-state index in [1.54, 1.807) is 33.4 Å². The van der Waals surface area contributed by atoms with Crippen LogP contribution in [-0.2, 0) is 18.3 Å². The van der Waals surface area contributed by atoms with Crippen molar-refractivity contribution in [2.45, 2.75) is 12.5 Å². The highest BCUT2D eigenvalue weighted by atomic mass is 16.5. The Bertz CT molecular complexity index is 1090. The fourth-order valence-electron chi connectivity index (χ4n) is 3.14. The number of fused-ring (bicyclic) bond motifs is 1. The molecule has 2 N–H and O–H groups in total. The first-order valence-electron chi connectivity index (χ1n) is 8.47. The minimum atomic E-state index is -0.691. The standard InChI is InChI=1S/C19H18N6O2/c1-24-15(8-10-21-24)18-17-14(7-9-20-18)12-25(22-17)16(19(26)23-27)11-13-5-3-2-4-6-13/h2-10,12,16,27H,11H2,1H3,(H,23,26). The number of hydrogen-bond acceptors (Lipinski definition) is 5. The fraction of sp³-hybridized carbons (Fsp3) is 0.158. The second-order valence-corrected chi connectivity index (χ2v) is 6.23. The minimum Gasteiger partial charge on any atom is -0.289 e. The van der Waals surface area contributed by atoms with Gasteiger partial charge in [-0.3, -0.25) is 24.3 Å². The van der Waals surface area contributed by atoms with Gasteiger partial charge in [0, 0.05) is 37.4 Å². The molecule has 0 saturated heterocycles. The van der Waals surface area contributed by atoms with Crippen LogP contribution in [-0.4, -0.2) is 35.7 Å². The maximum atomic E-state index is 12.3. The molecule has 0 aliphatic heterocycles. The van der Waals surface area contributed by atoms with Gasteiger partial charge in [0.25, 0.3) is 5.91 Å². The molecule has 27 heavy (non-hydrogen) atoms. The summed E-state index contributed by atoms with van der Waals surface area (Å²) in [5, 5.41) is 18.8. The number of rotatable bonds is 5. The van der Waals surface area contributed by atoms with Crippen molar-refractivity contribution in [3.05, 3.63) is 66.6 Å². The predicted molar refractivity (Wildman–Crippen MR) is 98.8 cm³/mol. The lowest BCUT2D eigenvalue weighted by Gasteiger charge is -2.15. The van der Waals surface area contributed by atoms with Gasteiger partial charge in [-0.15, -0.1) is 0 Å². The molecule has 0 bridgehead atoms. The molecule has 1 amide bonds. The molecule has 4 rings (SSSR count). The molecule has 0 radical (unpaired) electrons. The number of hydroxylamine groups is 1. The van der Waals surface area contributed by atoms with Gasteiger partial charge in [-0.05, 0) is 17.7 Å². The van der Waals surface area contributed by atoms with Crippen LogP contribution >= 0.6 is 0 Å². The van der Waals surface area contributed by atoms with E-state index in [0.29, 0.717) is 17.6 Å². The Hall–Kier alpha value is -3.52. The molecule has 0 aliphatic carbocycles. The Balaban J connectivity index is 1.79. The molecule has 136 valence electrons. The summed E-state index contributed by atoms with van der Waals surface area (Å²) in [6.45, 7) is 0. The number of benzene rings is 1. The highest BCUT2D eigenvalue weighted by Crippen LogP contribution is 2.26. The molecule has 1 aromatic carbocycles. The zero-order valence-electron chi connectivity index (χ0n) is 14.6. The van der Waals surface area contributed by atoms with Gasteiger partial charge in [-0.2, -0.15) is 10.2 Å². The van der Waals surface area contributed by atoms with Gasteiger partial charge in [-0.1, -0.05) is 30.3 Å². The summed E-state index contributed by atoms with van der Waals surface area (Å²) in [6, 6.07) is 12.6. The summed E-state index contributed by atoms with van der Waals surface area (Å²) in [5.41, 5.74) is 4.91. The normalized spacial score (nSPS) is 12.2. The molecule has 8 heteroatoms. The average molecular weight is 362 g/mol. The van der Waals surface area contributed by atoms with Crippen LogP contribution in [0.15, 0.2) is 61.1 Å². The third-order valence-electron chi connectivity index (χ3n) is 4.51. The van der Waals surface area contributed by atoms with E-state index in [1.807, 2.05) is 49.5 Å². The second kappa shape index (κ2) is 7.00. The summed E-state index contributed by atoms with van der Waals surface area (Å²) < 4.78 is 3.30. The first-order valence-corrected chi connectivity index (χ1v) is 8.47. The van der Waals surface area contributed by atoms with Gasteiger partial charge in [0.1, 0.15) is 17.3 Å². The number of carbonyl (C=O) groups excluding carboxylic acids is 1. The summed E-state index contributed by atoms with van der Waals surface area (Å²) >= 11 is 0. The predicted octanol–water partition coefficient (Wildman–Crippen LogP) is 2.12. The first kappa shape index (κ1) is 16.9. The maximum Gasteiger partial charge on any atom is 0.268 e. The Morgan fingerprint density at radius 3 is 2.70 bits per heavy atom. The summed E-state index contributed by atoms with van der Waals surface area (Å²) in [5.74, 6) is -0.526. The molecule has 4 aromatic rings. The van der Waals surface area contributed by atoms with Crippen LogP contribution in [0.2, 0.25) is 0 Å². The van der Waals surface area contributed by atoms with Crippen LogP contribution in [0.3, 0.4) is 0 Å². The number of pyridine rings is 1. The number of aromatic nitrogens is 5. The zero-order valence-corrected chi connectivity index (χ0v) is 14.6. The topological polar surface area (TPSA) is 97.9 Å². The highest BCUT2D eigenvalue weighted by Gasteiger charge is 2.23. The fourth-order valence-corrected chi connectivity index (χ4v) is 3.14. The molecule has 0 aliphatic rings.